The lowest BCUT2D eigenvalue weighted by molar-refractivity contribution is -0.113. The fraction of sp³-hybridized carbons (Fsp3) is 0.182. The number of amides is 1. The Bertz CT molecular complexity index is 1210. The van der Waals surface area contributed by atoms with Crippen molar-refractivity contribution in [2.75, 3.05) is 16.4 Å². The Morgan fingerprint density at radius 1 is 1.06 bits per heavy atom. The molecule has 0 unspecified atom stereocenters. The van der Waals surface area contributed by atoms with Crippen molar-refractivity contribution in [2.45, 2.75) is 18.2 Å². The van der Waals surface area contributed by atoms with Crippen molar-refractivity contribution >= 4 is 45.5 Å². The van der Waals surface area contributed by atoms with Crippen molar-refractivity contribution in [3.05, 3.63) is 66.0 Å². The number of carbonyl (C=O) groups is 1. The lowest BCUT2D eigenvalue weighted by Crippen LogP contribution is -2.15. The van der Waals surface area contributed by atoms with E-state index in [1.165, 1.54) is 23.1 Å². The Morgan fingerprint density at radius 3 is 2.47 bits per heavy atom. The van der Waals surface area contributed by atoms with E-state index >= 15 is 0 Å². The molecule has 4 aromatic rings. The van der Waals surface area contributed by atoms with E-state index in [-0.39, 0.29) is 11.7 Å². The van der Waals surface area contributed by atoms with Crippen molar-refractivity contribution < 1.29 is 9.53 Å². The fourth-order valence-electron chi connectivity index (χ4n) is 2.93. The van der Waals surface area contributed by atoms with E-state index in [1.807, 2.05) is 75.5 Å². The van der Waals surface area contributed by atoms with Crippen molar-refractivity contribution in [1.29, 1.82) is 0 Å². The summed E-state index contributed by atoms with van der Waals surface area (Å²) in [6.07, 6.45) is 0. The average molecular weight is 467 g/mol. The van der Waals surface area contributed by atoms with Crippen LogP contribution in [0, 0.1) is 13.8 Å². The second-order valence-electron chi connectivity index (χ2n) is 6.94. The number of benzene rings is 2. The van der Waals surface area contributed by atoms with Crippen molar-refractivity contribution in [1.82, 2.24) is 20.0 Å². The first kappa shape index (κ1) is 21.8. The van der Waals surface area contributed by atoms with Crippen LogP contribution in [0.25, 0.3) is 0 Å². The number of carbonyl (C=O) groups excluding carboxylic acids is 1. The predicted octanol–water partition coefficient (Wildman–Crippen LogP) is 5.16. The number of aromatic nitrogens is 4. The highest BCUT2D eigenvalue weighted by molar-refractivity contribution is 8.01. The molecule has 2 heterocycles. The van der Waals surface area contributed by atoms with Gasteiger partial charge in [-0.25, -0.2) is 0 Å². The molecular weight excluding hydrogens is 444 g/mol. The lowest BCUT2D eigenvalue weighted by Gasteiger charge is -2.07. The number of rotatable bonds is 8. The van der Waals surface area contributed by atoms with Gasteiger partial charge < -0.3 is 15.4 Å². The summed E-state index contributed by atoms with van der Waals surface area (Å²) in [4.78, 5) is 12.3. The minimum Gasteiger partial charge on any atom is -0.457 e. The molecular formula is C22H22N6O2S2. The average Bonchev–Trinajstić information content (AvgIpc) is 3.33. The van der Waals surface area contributed by atoms with Gasteiger partial charge in [-0.3, -0.25) is 9.48 Å². The second kappa shape index (κ2) is 9.84. The number of para-hydroxylation sites is 1. The summed E-state index contributed by atoms with van der Waals surface area (Å²) in [6.45, 7) is 3.80. The molecule has 0 fully saturated rings. The predicted molar refractivity (Wildman–Crippen MR) is 128 cm³/mol. The Labute approximate surface area is 194 Å². The summed E-state index contributed by atoms with van der Waals surface area (Å²) in [5, 5.41) is 19.4. The number of nitrogens with zero attached hydrogens (tertiary/aromatic N) is 4. The summed E-state index contributed by atoms with van der Waals surface area (Å²) in [5.41, 5.74) is 3.35. The monoisotopic (exact) mass is 466 g/mol. The molecule has 32 heavy (non-hydrogen) atoms. The molecule has 2 aromatic heterocycles. The minimum atomic E-state index is -0.104. The molecule has 4 rings (SSSR count). The van der Waals surface area contributed by atoms with Gasteiger partial charge in [0.15, 0.2) is 4.34 Å². The molecule has 0 radical (unpaired) electrons. The van der Waals surface area contributed by atoms with Gasteiger partial charge in [-0.2, -0.15) is 5.10 Å². The highest BCUT2D eigenvalue weighted by Gasteiger charge is 2.14. The number of aryl methyl sites for hydroxylation is 2. The van der Waals surface area contributed by atoms with Crippen LogP contribution in [0.5, 0.6) is 11.5 Å². The largest absolute Gasteiger partial charge is 0.457 e. The molecule has 1 amide bonds. The first-order chi connectivity index (χ1) is 15.5. The summed E-state index contributed by atoms with van der Waals surface area (Å²) in [5.74, 6) is 1.68. The molecule has 0 saturated carbocycles. The Balaban J connectivity index is 1.28. The minimum absolute atomic E-state index is 0.104. The molecule has 2 N–H and O–H groups in total. The summed E-state index contributed by atoms with van der Waals surface area (Å²) < 4.78 is 8.27. The van der Waals surface area contributed by atoms with E-state index in [4.69, 9.17) is 4.74 Å². The maximum absolute atomic E-state index is 12.3. The SMILES string of the molecule is Cc1nn(C)c(C)c1NC(=O)CSc1nnc(Nc2ccc(Oc3ccccc3)cc2)s1. The third kappa shape index (κ3) is 5.45. The molecule has 0 saturated heterocycles. The first-order valence-electron chi connectivity index (χ1n) is 9.84. The molecule has 2 aromatic carbocycles. The van der Waals surface area contributed by atoms with Crippen LogP contribution >= 0.6 is 23.1 Å². The van der Waals surface area contributed by atoms with E-state index in [0.717, 1.165) is 34.3 Å². The molecule has 0 atom stereocenters. The van der Waals surface area contributed by atoms with Crippen LogP contribution in [0.2, 0.25) is 0 Å². The number of ether oxygens (including phenoxy) is 1. The van der Waals surface area contributed by atoms with E-state index in [1.54, 1.807) is 4.68 Å². The third-order valence-electron chi connectivity index (χ3n) is 4.59. The van der Waals surface area contributed by atoms with Crippen LogP contribution in [-0.4, -0.2) is 31.6 Å². The summed E-state index contributed by atoms with van der Waals surface area (Å²) in [7, 11) is 1.85. The molecule has 0 aliphatic rings. The topological polar surface area (TPSA) is 94.0 Å². The molecule has 10 heteroatoms. The van der Waals surface area contributed by atoms with E-state index in [9.17, 15) is 4.79 Å². The zero-order chi connectivity index (χ0) is 22.5. The Kier molecular flexibility index (Phi) is 6.72. The molecule has 164 valence electrons. The zero-order valence-electron chi connectivity index (χ0n) is 17.8. The van der Waals surface area contributed by atoms with Gasteiger partial charge in [-0.05, 0) is 50.2 Å². The van der Waals surface area contributed by atoms with Crippen molar-refractivity contribution in [3.8, 4) is 11.5 Å². The first-order valence-corrected chi connectivity index (χ1v) is 11.6. The van der Waals surface area contributed by atoms with Gasteiger partial charge in [0.1, 0.15) is 11.5 Å². The normalized spacial score (nSPS) is 10.7. The van der Waals surface area contributed by atoms with Gasteiger partial charge in [0.05, 0.1) is 22.8 Å². The van der Waals surface area contributed by atoms with Gasteiger partial charge in [0, 0.05) is 12.7 Å². The molecule has 0 aliphatic carbocycles. The van der Waals surface area contributed by atoms with Crippen LogP contribution in [0.3, 0.4) is 0 Å². The zero-order valence-corrected chi connectivity index (χ0v) is 19.5. The van der Waals surface area contributed by atoms with E-state index in [0.29, 0.717) is 9.47 Å². The van der Waals surface area contributed by atoms with Crippen LogP contribution in [-0.2, 0) is 11.8 Å². The van der Waals surface area contributed by atoms with Gasteiger partial charge >= 0.3 is 0 Å². The quantitative estimate of drug-likeness (QED) is 0.347. The lowest BCUT2D eigenvalue weighted by atomic mass is 10.3. The maximum atomic E-state index is 12.3. The number of hydrogen-bond acceptors (Lipinski definition) is 8. The number of thioether (sulfide) groups is 1. The third-order valence-corrected chi connectivity index (χ3v) is 6.56. The van der Waals surface area contributed by atoms with Crippen molar-refractivity contribution in [2.24, 2.45) is 7.05 Å². The van der Waals surface area contributed by atoms with E-state index < -0.39 is 0 Å². The standard InChI is InChI=1S/C22H22N6O2S2/c1-14-20(15(2)28(3)27-14)24-19(29)13-31-22-26-25-21(32-22)23-16-9-11-18(12-10-16)30-17-7-5-4-6-8-17/h4-12H,13H2,1-3H3,(H,23,25)(H,24,29). The number of nitrogens with one attached hydrogen (secondary N) is 2. The second-order valence-corrected chi connectivity index (χ2v) is 9.14. The van der Waals surface area contributed by atoms with Gasteiger partial charge in [-0.1, -0.05) is 41.3 Å². The van der Waals surface area contributed by atoms with Gasteiger partial charge in [-0.15, -0.1) is 10.2 Å². The smallest absolute Gasteiger partial charge is 0.234 e. The van der Waals surface area contributed by atoms with Crippen LogP contribution < -0.4 is 15.4 Å². The van der Waals surface area contributed by atoms with E-state index in [2.05, 4.69) is 25.9 Å². The van der Waals surface area contributed by atoms with Gasteiger partial charge in [0.25, 0.3) is 0 Å². The summed E-state index contributed by atoms with van der Waals surface area (Å²) >= 11 is 2.74. The number of hydrogen-bond donors (Lipinski definition) is 2. The maximum Gasteiger partial charge on any atom is 0.234 e. The Hall–Kier alpha value is -3.37. The fourth-order valence-corrected chi connectivity index (χ4v) is 4.50. The van der Waals surface area contributed by atoms with Crippen molar-refractivity contribution in [3.63, 3.8) is 0 Å². The Morgan fingerprint density at radius 2 is 1.78 bits per heavy atom. The number of anilines is 3. The van der Waals surface area contributed by atoms with Crippen LogP contribution in [0.15, 0.2) is 58.9 Å². The highest BCUT2D eigenvalue weighted by atomic mass is 32.2. The molecule has 0 bridgehead atoms. The highest BCUT2D eigenvalue weighted by Crippen LogP contribution is 2.29. The molecule has 0 spiro atoms. The molecule has 0 aliphatic heterocycles. The molecule has 8 nitrogen and oxygen atoms in total. The van der Waals surface area contributed by atoms with Crippen LogP contribution in [0.4, 0.5) is 16.5 Å². The summed E-state index contributed by atoms with van der Waals surface area (Å²) in [6, 6.07) is 17.2. The van der Waals surface area contributed by atoms with Gasteiger partial charge in [0.2, 0.25) is 11.0 Å². The van der Waals surface area contributed by atoms with Crippen LogP contribution in [0.1, 0.15) is 11.4 Å².